The van der Waals surface area contributed by atoms with E-state index in [1.807, 2.05) is 6.07 Å². The number of nitrogens with zero attached hydrogens (tertiary/aromatic N) is 2. The Morgan fingerprint density at radius 2 is 2.21 bits per heavy atom. The van der Waals surface area contributed by atoms with Crippen LogP contribution in [0.4, 0.5) is 0 Å². The Bertz CT molecular complexity index is 567. The summed E-state index contributed by atoms with van der Waals surface area (Å²) in [6.45, 7) is 0. The molecule has 0 aromatic carbocycles. The Morgan fingerprint density at radius 3 is 2.89 bits per heavy atom. The lowest BCUT2D eigenvalue weighted by Gasteiger charge is -2.25. The third-order valence-electron chi connectivity index (χ3n) is 3.93. The number of oxazole rings is 1. The van der Waals surface area contributed by atoms with Crippen molar-refractivity contribution in [2.45, 2.75) is 38.5 Å². The largest absolute Gasteiger partial charge is 0.481 e. The van der Waals surface area contributed by atoms with Gasteiger partial charge in [0.05, 0.1) is 6.42 Å². The Labute approximate surface area is 110 Å². The highest BCUT2D eigenvalue weighted by molar-refractivity contribution is 5.68. The van der Waals surface area contributed by atoms with Gasteiger partial charge in [0.1, 0.15) is 0 Å². The van der Waals surface area contributed by atoms with E-state index in [0.29, 0.717) is 23.5 Å². The van der Waals surface area contributed by atoms with Gasteiger partial charge in [0.2, 0.25) is 0 Å². The van der Waals surface area contributed by atoms with Crippen LogP contribution in [0.3, 0.4) is 0 Å². The van der Waals surface area contributed by atoms with Crippen molar-refractivity contribution >= 4 is 17.2 Å². The van der Waals surface area contributed by atoms with Crippen molar-refractivity contribution in [3.8, 4) is 0 Å². The molecule has 1 fully saturated rings. The number of carboxylic acids is 1. The predicted octanol–water partition coefficient (Wildman–Crippen LogP) is 2.80. The maximum absolute atomic E-state index is 11.1. The van der Waals surface area contributed by atoms with Crippen LogP contribution in [0, 0.1) is 5.41 Å². The molecular formula is C14H16N2O3. The van der Waals surface area contributed by atoms with Gasteiger partial charge in [0, 0.05) is 12.6 Å². The second-order valence-electron chi connectivity index (χ2n) is 5.39. The molecule has 3 rings (SSSR count). The summed E-state index contributed by atoms with van der Waals surface area (Å²) in [5.74, 6) is -0.131. The Balaban J connectivity index is 1.87. The number of carbonyl (C=O) groups is 1. The van der Waals surface area contributed by atoms with Gasteiger partial charge in [-0.3, -0.25) is 4.79 Å². The van der Waals surface area contributed by atoms with Gasteiger partial charge in [-0.05, 0) is 30.4 Å². The van der Waals surface area contributed by atoms with Crippen molar-refractivity contribution < 1.29 is 14.3 Å². The molecule has 0 spiro atoms. The van der Waals surface area contributed by atoms with E-state index >= 15 is 0 Å². The van der Waals surface area contributed by atoms with Crippen molar-refractivity contribution in [3.63, 3.8) is 0 Å². The Morgan fingerprint density at radius 1 is 1.42 bits per heavy atom. The molecule has 1 aliphatic rings. The molecule has 0 unspecified atom stereocenters. The number of carboxylic acid groups (broad SMARTS) is 1. The first-order valence-corrected chi connectivity index (χ1v) is 6.59. The van der Waals surface area contributed by atoms with Crippen LogP contribution in [0.25, 0.3) is 11.2 Å². The van der Waals surface area contributed by atoms with Gasteiger partial charge in [-0.15, -0.1) is 0 Å². The van der Waals surface area contributed by atoms with E-state index in [4.69, 9.17) is 9.52 Å². The molecule has 2 aromatic heterocycles. The van der Waals surface area contributed by atoms with E-state index in [9.17, 15) is 4.79 Å². The van der Waals surface area contributed by atoms with Crippen LogP contribution in [-0.2, 0) is 11.2 Å². The summed E-state index contributed by atoms with van der Waals surface area (Å²) in [5, 5.41) is 9.09. The minimum Gasteiger partial charge on any atom is -0.481 e. The van der Waals surface area contributed by atoms with Crippen molar-refractivity contribution in [1.29, 1.82) is 0 Å². The smallest absolute Gasteiger partial charge is 0.303 e. The van der Waals surface area contributed by atoms with E-state index in [1.165, 1.54) is 0 Å². The van der Waals surface area contributed by atoms with Crippen LogP contribution in [-0.4, -0.2) is 21.0 Å². The average molecular weight is 260 g/mol. The fraction of sp³-hybridized carbons (Fsp3) is 0.500. The number of fused-ring (bicyclic) bond motifs is 1. The normalized spacial score (nSPS) is 17.9. The summed E-state index contributed by atoms with van der Waals surface area (Å²) in [5.41, 5.74) is 1.08. The molecule has 1 saturated carbocycles. The molecule has 2 aromatic rings. The SMILES string of the molecule is O=C(O)CC1(Cc2nc3ncccc3o2)CCCC1. The summed E-state index contributed by atoms with van der Waals surface area (Å²) in [6.07, 6.45) is 6.51. The first kappa shape index (κ1) is 12.1. The zero-order chi connectivity index (χ0) is 13.3. The van der Waals surface area contributed by atoms with E-state index in [1.54, 1.807) is 12.3 Å². The summed E-state index contributed by atoms with van der Waals surface area (Å²) < 4.78 is 5.67. The summed E-state index contributed by atoms with van der Waals surface area (Å²) in [4.78, 5) is 19.6. The fourth-order valence-corrected chi connectivity index (χ4v) is 3.07. The number of hydrogen-bond donors (Lipinski definition) is 1. The molecule has 0 bridgehead atoms. The highest BCUT2D eigenvalue weighted by Crippen LogP contribution is 2.43. The molecule has 1 N–H and O–H groups in total. The van der Waals surface area contributed by atoms with Gasteiger partial charge < -0.3 is 9.52 Å². The number of aliphatic carboxylic acids is 1. The van der Waals surface area contributed by atoms with E-state index in [2.05, 4.69) is 9.97 Å². The lowest BCUT2D eigenvalue weighted by Crippen LogP contribution is -2.23. The lowest BCUT2D eigenvalue weighted by atomic mass is 9.79. The number of pyridine rings is 1. The van der Waals surface area contributed by atoms with Crippen LogP contribution >= 0.6 is 0 Å². The maximum atomic E-state index is 11.1. The van der Waals surface area contributed by atoms with Crippen molar-refractivity contribution in [2.75, 3.05) is 0 Å². The fourth-order valence-electron chi connectivity index (χ4n) is 3.07. The molecule has 0 saturated heterocycles. The highest BCUT2D eigenvalue weighted by Gasteiger charge is 2.37. The van der Waals surface area contributed by atoms with Crippen molar-refractivity contribution in [2.24, 2.45) is 5.41 Å². The van der Waals surface area contributed by atoms with Crippen LogP contribution in [0.5, 0.6) is 0 Å². The molecular weight excluding hydrogens is 244 g/mol. The number of rotatable bonds is 4. The molecule has 19 heavy (non-hydrogen) atoms. The van der Waals surface area contributed by atoms with Gasteiger partial charge in [-0.25, -0.2) is 4.98 Å². The molecule has 0 amide bonds. The van der Waals surface area contributed by atoms with Crippen LogP contribution < -0.4 is 0 Å². The molecule has 0 aliphatic heterocycles. The third-order valence-corrected chi connectivity index (χ3v) is 3.93. The van der Waals surface area contributed by atoms with E-state index < -0.39 is 5.97 Å². The van der Waals surface area contributed by atoms with Gasteiger partial charge >= 0.3 is 5.97 Å². The standard InChI is InChI=1S/C14H16N2O3/c17-12(18)9-14(5-1-2-6-14)8-11-16-13-10(19-11)4-3-7-15-13/h3-4,7H,1-2,5-6,8-9H2,(H,17,18). The molecule has 0 atom stereocenters. The Hall–Kier alpha value is -1.91. The van der Waals surface area contributed by atoms with Gasteiger partial charge in [-0.1, -0.05) is 12.8 Å². The minimum absolute atomic E-state index is 0.188. The number of aromatic nitrogens is 2. The second-order valence-corrected chi connectivity index (χ2v) is 5.39. The number of hydrogen-bond acceptors (Lipinski definition) is 4. The molecule has 2 heterocycles. The summed E-state index contributed by atoms with van der Waals surface area (Å²) in [7, 11) is 0. The van der Waals surface area contributed by atoms with Crippen LogP contribution in [0.15, 0.2) is 22.7 Å². The molecule has 100 valence electrons. The maximum Gasteiger partial charge on any atom is 0.303 e. The summed E-state index contributed by atoms with van der Waals surface area (Å²) >= 11 is 0. The van der Waals surface area contributed by atoms with E-state index in [-0.39, 0.29) is 11.8 Å². The first-order valence-electron chi connectivity index (χ1n) is 6.59. The van der Waals surface area contributed by atoms with Crippen LogP contribution in [0.2, 0.25) is 0 Å². The quantitative estimate of drug-likeness (QED) is 0.914. The van der Waals surface area contributed by atoms with Crippen molar-refractivity contribution in [3.05, 3.63) is 24.2 Å². The molecule has 5 nitrogen and oxygen atoms in total. The zero-order valence-corrected chi connectivity index (χ0v) is 10.6. The monoisotopic (exact) mass is 260 g/mol. The molecule has 0 radical (unpaired) electrons. The molecule has 5 heteroatoms. The van der Waals surface area contributed by atoms with Gasteiger partial charge in [0.25, 0.3) is 0 Å². The van der Waals surface area contributed by atoms with E-state index in [0.717, 1.165) is 25.7 Å². The summed E-state index contributed by atoms with van der Waals surface area (Å²) in [6, 6.07) is 3.64. The predicted molar refractivity (Wildman–Crippen MR) is 68.7 cm³/mol. The highest BCUT2D eigenvalue weighted by atomic mass is 16.4. The zero-order valence-electron chi connectivity index (χ0n) is 10.6. The lowest BCUT2D eigenvalue weighted by molar-refractivity contribution is -0.139. The van der Waals surface area contributed by atoms with Crippen molar-refractivity contribution in [1.82, 2.24) is 9.97 Å². The topological polar surface area (TPSA) is 76.2 Å². The molecule has 1 aliphatic carbocycles. The van der Waals surface area contributed by atoms with Gasteiger partial charge in [0.15, 0.2) is 17.1 Å². The minimum atomic E-state index is -0.740. The Kier molecular flexibility index (Phi) is 2.97. The third kappa shape index (κ3) is 2.45. The second kappa shape index (κ2) is 4.64. The van der Waals surface area contributed by atoms with Gasteiger partial charge in [-0.2, -0.15) is 4.98 Å². The average Bonchev–Trinajstić information content (AvgIpc) is 2.94. The first-order chi connectivity index (χ1) is 9.17. The van der Waals surface area contributed by atoms with Crippen LogP contribution in [0.1, 0.15) is 38.0 Å².